The van der Waals surface area contributed by atoms with E-state index in [1.807, 2.05) is 0 Å². The Balaban J connectivity index is 1.96. The number of hydrogen-bond donors (Lipinski definition) is 1. The molecule has 0 radical (unpaired) electrons. The normalized spacial score (nSPS) is 18.7. The van der Waals surface area contributed by atoms with Crippen LogP contribution in [0.15, 0.2) is 46.5 Å². The molecule has 1 N–H and O–H groups in total. The highest BCUT2D eigenvalue weighted by molar-refractivity contribution is 5.84. The van der Waals surface area contributed by atoms with Crippen LogP contribution < -0.4 is 5.32 Å². The number of hydrogen-bond acceptors (Lipinski definition) is 4. The Morgan fingerprint density at radius 1 is 1.23 bits per heavy atom. The van der Waals surface area contributed by atoms with E-state index in [1.165, 1.54) is 33.2 Å². The molecular weight excluding hydrogens is 460 g/mol. The molecular formula is C26H34F4N4O. The Labute approximate surface area is 204 Å². The molecule has 0 saturated carbocycles. The fraction of sp³-hybridized carbons (Fsp3) is 0.538. The van der Waals surface area contributed by atoms with Gasteiger partial charge in [-0.05, 0) is 89.2 Å². The molecule has 0 aliphatic carbocycles. The number of nitrogens with one attached hydrogen (secondary N) is 1. The number of aliphatic imine (C=N–C) groups is 1. The third kappa shape index (κ3) is 5.60. The van der Waals surface area contributed by atoms with E-state index in [2.05, 4.69) is 26.8 Å². The maximum atomic E-state index is 16.0. The lowest BCUT2D eigenvalue weighted by Crippen LogP contribution is -2.44. The van der Waals surface area contributed by atoms with Crippen molar-refractivity contribution in [1.82, 2.24) is 15.2 Å². The fourth-order valence-corrected chi connectivity index (χ4v) is 5.05. The summed E-state index contributed by atoms with van der Waals surface area (Å²) in [4.78, 5) is 10.5. The van der Waals surface area contributed by atoms with Crippen molar-refractivity contribution in [3.8, 4) is 0 Å². The van der Waals surface area contributed by atoms with Crippen LogP contribution in [0.5, 0.6) is 0 Å². The molecule has 5 nitrogen and oxygen atoms in total. The molecule has 2 aliphatic heterocycles. The van der Waals surface area contributed by atoms with Gasteiger partial charge in [-0.2, -0.15) is 13.2 Å². The molecule has 192 valence electrons. The van der Waals surface area contributed by atoms with E-state index in [-0.39, 0.29) is 34.0 Å². The lowest BCUT2D eigenvalue weighted by Gasteiger charge is -2.32. The SMILES string of the molecule is C=C(C)/C(=C(/F)C(NC(=NC)OCC12CCCN1CCC2)=C(C)C)c1nccc(C)c1C(F)(F)F. The molecule has 2 aliphatic rings. The highest BCUT2D eigenvalue weighted by Crippen LogP contribution is 2.41. The first-order chi connectivity index (χ1) is 16.4. The van der Waals surface area contributed by atoms with E-state index in [4.69, 9.17) is 4.74 Å². The number of amidine groups is 1. The van der Waals surface area contributed by atoms with Crippen LogP contribution in [0.3, 0.4) is 0 Å². The van der Waals surface area contributed by atoms with E-state index >= 15 is 4.39 Å². The smallest absolute Gasteiger partial charge is 0.418 e. The molecule has 3 heterocycles. The summed E-state index contributed by atoms with van der Waals surface area (Å²) in [6, 6.07) is 1.36. The number of nitrogens with zero attached hydrogens (tertiary/aromatic N) is 3. The van der Waals surface area contributed by atoms with E-state index in [0.29, 0.717) is 12.2 Å². The number of aryl methyl sites for hydroxylation is 1. The summed E-state index contributed by atoms with van der Waals surface area (Å²) in [6.45, 7) is 12.4. The average Bonchev–Trinajstić information content (AvgIpc) is 3.32. The van der Waals surface area contributed by atoms with Crippen molar-refractivity contribution >= 4 is 11.6 Å². The van der Waals surface area contributed by atoms with E-state index < -0.39 is 23.3 Å². The molecule has 35 heavy (non-hydrogen) atoms. The predicted octanol–water partition coefficient (Wildman–Crippen LogP) is 6.18. The number of alkyl halides is 3. The van der Waals surface area contributed by atoms with Crippen LogP contribution in [0.25, 0.3) is 5.57 Å². The molecule has 1 aromatic heterocycles. The summed E-state index contributed by atoms with van der Waals surface area (Å²) in [5, 5.41) is 2.89. The second kappa shape index (κ2) is 10.5. The minimum atomic E-state index is -4.71. The standard InChI is InChI=1S/C26H34F4N4O/c1-16(2)19(23-20(26(28,29)30)18(5)9-12-32-23)21(27)22(17(3)4)33-24(31-6)35-15-25-10-7-13-34(25)14-8-11-25/h9,12H,1,7-8,10-11,13-15H2,2-6H3,(H,31,33)/b21-19-. The summed E-state index contributed by atoms with van der Waals surface area (Å²) in [5.41, 5.74) is -1.26. The average molecular weight is 495 g/mol. The second-order valence-electron chi connectivity index (χ2n) is 9.55. The number of allylic oxidation sites excluding steroid dienone is 4. The Hall–Kier alpha value is -2.68. The number of halogens is 4. The fourth-order valence-electron chi connectivity index (χ4n) is 5.05. The molecule has 0 atom stereocenters. The topological polar surface area (TPSA) is 49.8 Å². The van der Waals surface area contributed by atoms with Crippen LogP contribution in [0.2, 0.25) is 0 Å². The molecule has 0 aromatic carbocycles. The molecule has 1 aromatic rings. The molecule has 0 bridgehead atoms. The molecule has 9 heteroatoms. The van der Waals surface area contributed by atoms with Crippen LogP contribution in [0.1, 0.15) is 63.3 Å². The summed E-state index contributed by atoms with van der Waals surface area (Å²) in [5.74, 6) is -0.896. The van der Waals surface area contributed by atoms with Gasteiger partial charge in [0.2, 0.25) is 0 Å². The number of fused-ring (bicyclic) bond motifs is 1. The van der Waals surface area contributed by atoms with Gasteiger partial charge in [0.15, 0.2) is 5.83 Å². The van der Waals surface area contributed by atoms with Crippen molar-refractivity contribution < 1.29 is 22.3 Å². The highest BCUT2D eigenvalue weighted by atomic mass is 19.4. The van der Waals surface area contributed by atoms with Gasteiger partial charge in [0.05, 0.1) is 22.5 Å². The maximum absolute atomic E-state index is 16.0. The quantitative estimate of drug-likeness (QED) is 0.222. The van der Waals surface area contributed by atoms with Gasteiger partial charge in [-0.3, -0.25) is 9.88 Å². The van der Waals surface area contributed by atoms with Gasteiger partial charge < -0.3 is 10.1 Å². The predicted molar refractivity (Wildman–Crippen MR) is 130 cm³/mol. The van der Waals surface area contributed by atoms with Gasteiger partial charge in [0.1, 0.15) is 6.61 Å². The van der Waals surface area contributed by atoms with Crippen molar-refractivity contribution in [3.05, 3.63) is 58.3 Å². The van der Waals surface area contributed by atoms with E-state index in [1.54, 1.807) is 13.8 Å². The van der Waals surface area contributed by atoms with E-state index in [9.17, 15) is 13.2 Å². The Kier molecular flexibility index (Phi) is 8.09. The summed E-state index contributed by atoms with van der Waals surface area (Å²) in [6.07, 6.45) is 0.819. The number of aromatic nitrogens is 1. The van der Waals surface area contributed by atoms with Crippen molar-refractivity contribution in [2.45, 2.75) is 65.1 Å². The Morgan fingerprint density at radius 2 is 1.86 bits per heavy atom. The van der Waals surface area contributed by atoms with Gasteiger partial charge in [0.25, 0.3) is 6.02 Å². The zero-order valence-corrected chi connectivity index (χ0v) is 21.1. The van der Waals surface area contributed by atoms with Gasteiger partial charge in [-0.15, -0.1) is 0 Å². The number of rotatable bonds is 6. The Bertz CT molecular complexity index is 1060. The van der Waals surface area contributed by atoms with Crippen LogP contribution in [-0.2, 0) is 10.9 Å². The van der Waals surface area contributed by atoms with Crippen molar-refractivity contribution in [3.63, 3.8) is 0 Å². The maximum Gasteiger partial charge on any atom is 0.418 e. The highest BCUT2D eigenvalue weighted by Gasteiger charge is 2.45. The first kappa shape index (κ1) is 26.9. The third-order valence-corrected chi connectivity index (χ3v) is 6.77. The lowest BCUT2D eigenvalue weighted by atomic mass is 9.95. The third-order valence-electron chi connectivity index (χ3n) is 6.77. The lowest BCUT2D eigenvalue weighted by molar-refractivity contribution is -0.138. The Morgan fingerprint density at radius 3 is 2.37 bits per heavy atom. The van der Waals surface area contributed by atoms with Crippen LogP contribution in [0.4, 0.5) is 17.6 Å². The minimum absolute atomic E-state index is 0.0211. The second-order valence-corrected chi connectivity index (χ2v) is 9.55. The van der Waals surface area contributed by atoms with Crippen LogP contribution >= 0.6 is 0 Å². The first-order valence-corrected chi connectivity index (χ1v) is 11.8. The van der Waals surface area contributed by atoms with Gasteiger partial charge >= 0.3 is 6.18 Å². The monoisotopic (exact) mass is 494 g/mol. The van der Waals surface area contributed by atoms with Crippen molar-refractivity contribution in [2.75, 3.05) is 26.7 Å². The van der Waals surface area contributed by atoms with Crippen molar-refractivity contribution in [1.29, 1.82) is 0 Å². The molecule has 0 amide bonds. The summed E-state index contributed by atoms with van der Waals surface area (Å²) < 4.78 is 63.7. The van der Waals surface area contributed by atoms with Crippen LogP contribution in [-0.4, -0.2) is 48.2 Å². The van der Waals surface area contributed by atoms with Gasteiger partial charge in [0, 0.05) is 18.8 Å². The minimum Gasteiger partial charge on any atom is -0.463 e. The zero-order valence-electron chi connectivity index (χ0n) is 21.1. The van der Waals surface area contributed by atoms with Gasteiger partial charge in [-0.25, -0.2) is 9.38 Å². The number of pyridine rings is 1. The molecule has 0 unspecified atom stereocenters. The number of ether oxygens (including phenoxy) is 1. The molecule has 3 rings (SSSR count). The molecule has 2 saturated heterocycles. The largest absolute Gasteiger partial charge is 0.463 e. The van der Waals surface area contributed by atoms with E-state index in [0.717, 1.165) is 38.8 Å². The van der Waals surface area contributed by atoms with Crippen LogP contribution in [0, 0.1) is 6.92 Å². The first-order valence-electron chi connectivity index (χ1n) is 11.8. The van der Waals surface area contributed by atoms with Gasteiger partial charge in [-0.1, -0.05) is 6.58 Å². The molecule has 2 fully saturated rings. The summed E-state index contributed by atoms with van der Waals surface area (Å²) in [7, 11) is 1.52. The summed E-state index contributed by atoms with van der Waals surface area (Å²) >= 11 is 0. The molecule has 0 spiro atoms. The zero-order chi connectivity index (χ0) is 26.0. The van der Waals surface area contributed by atoms with Crippen molar-refractivity contribution in [2.24, 2.45) is 4.99 Å².